The van der Waals surface area contributed by atoms with Gasteiger partial charge in [0, 0.05) is 11.8 Å². The molecule has 0 amide bonds. The second-order valence-electron chi connectivity index (χ2n) is 18.8. The molecule has 0 N–H and O–H groups in total. The van der Waals surface area contributed by atoms with E-state index in [1.807, 2.05) is 34.0 Å². The van der Waals surface area contributed by atoms with Crippen LogP contribution in [0.3, 0.4) is 0 Å². The zero-order valence-corrected chi connectivity index (χ0v) is 34.3. The number of nitrogens with zero attached hydrogens (tertiary/aromatic N) is 1. The molecule has 0 rings (SSSR count). The normalized spacial score (nSPS) is 16.3. The molecule has 3 atom stereocenters. The first-order chi connectivity index (χ1) is 21.3. The van der Waals surface area contributed by atoms with Gasteiger partial charge in [0.2, 0.25) is 0 Å². The summed E-state index contributed by atoms with van der Waals surface area (Å²) in [7, 11) is 4.05. The molecular formula is C42H79NO4. The molecule has 5 nitrogen and oxygen atoms in total. The van der Waals surface area contributed by atoms with Crippen molar-refractivity contribution in [3.8, 4) is 0 Å². The van der Waals surface area contributed by atoms with E-state index in [9.17, 15) is 9.59 Å². The molecule has 0 aliphatic rings. The summed E-state index contributed by atoms with van der Waals surface area (Å²) in [5.41, 5.74) is -1.05. The van der Waals surface area contributed by atoms with Crippen molar-refractivity contribution in [1.82, 2.24) is 4.90 Å². The van der Waals surface area contributed by atoms with E-state index >= 15 is 0 Å². The Morgan fingerprint density at radius 3 is 1.68 bits per heavy atom. The lowest BCUT2D eigenvalue weighted by Crippen LogP contribution is -2.46. The van der Waals surface area contributed by atoms with Gasteiger partial charge in [-0.1, -0.05) is 114 Å². The SMILES string of the molecule is CCC(CC(C)(C)/C=C\C(C)(C)CC(C)C)C(OC(=O)CCCN(C)C)C(C)(CC)CC(C)(C)C(=O)OC/C=C/C(C)(C)CC(C)C. The lowest BCUT2D eigenvalue weighted by Gasteiger charge is -2.45. The van der Waals surface area contributed by atoms with Crippen molar-refractivity contribution >= 4 is 11.9 Å². The average Bonchev–Trinajstić information content (AvgIpc) is 2.90. The maximum atomic E-state index is 13.6. The number of rotatable bonds is 23. The first kappa shape index (κ1) is 45.4. The van der Waals surface area contributed by atoms with Gasteiger partial charge >= 0.3 is 11.9 Å². The lowest BCUT2D eigenvalue weighted by atomic mass is 9.64. The highest BCUT2D eigenvalue weighted by atomic mass is 16.5. The van der Waals surface area contributed by atoms with E-state index in [1.165, 1.54) is 0 Å². The van der Waals surface area contributed by atoms with Crippen LogP contribution in [0.25, 0.3) is 0 Å². The summed E-state index contributed by atoms with van der Waals surface area (Å²) < 4.78 is 12.4. The Bertz CT molecular complexity index is 985. The van der Waals surface area contributed by atoms with Crippen LogP contribution in [0, 0.1) is 44.8 Å². The highest BCUT2D eigenvalue weighted by Crippen LogP contribution is 2.47. The van der Waals surface area contributed by atoms with E-state index in [0.717, 1.165) is 45.1 Å². The Morgan fingerprint density at radius 1 is 0.745 bits per heavy atom. The average molecular weight is 662 g/mol. The minimum absolute atomic E-state index is 0.0584. The Labute approximate surface area is 293 Å². The number of hydrogen-bond acceptors (Lipinski definition) is 5. The predicted octanol–water partition coefficient (Wildman–Crippen LogP) is 11.3. The van der Waals surface area contributed by atoms with Gasteiger partial charge in [-0.25, -0.2) is 0 Å². The third-order valence-electron chi connectivity index (χ3n) is 9.61. The van der Waals surface area contributed by atoms with Crippen LogP contribution in [-0.2, 0) is 19.1 Å². The molecule has 0 aromatic carbocycles. The van der Waals surface area contributed by atoms with Crippen molar-refractivity contribution in [3.05, 3.63) is 24.3 Å². The van der Waals surface area contributed by atoms with E-state index in [4.69, 9.17) is 9.47 Å². The monoisotopic (exact) mass is 662 g/mol. The largest absolute Gasteiger partial charge is 0.461 e. The van der Waals surface area contributed by atoms with Gasteiger partial charge in [0.25, 0.3) is 0 Å². The second-order valence-corrected chi connectivity index (χ2v) is 18.8. The first-order valence-electron chi connectivity index (χ1n) is 18.7. The molecule has 5 heteroatoms. The highest BCUT2D eigenvalue weighted by molar-refractivity contribution is 5.76. The van der Waals surface area contributed by atoms with Gasteiger partial charge in [0.05, 0.1) is 5.41 Å². The number of carbonyl (C=O) groups is 2. The summed E-state index contributed by atoms with van der Waals surface area (Å²) in [5, 5.41) is 0. The molecule has 0 heterocycles. The number of ether oxygens (including phenoxy) is 2. The van der Waals surface area contributed by atoms with Crippen molar-refractivity contribution in [2.24, 2.45) is 44.8 Å². The Hall–Kier alpha value is -1.62. The topological polar surface area (TPSA) is 55.8 Å². The molecule has 0 aromatic heterocycles. The molecular weight excluding hydrogens is 582 g/mol. The molecule has 0 radical (unpaired) electrons. The molecule has 0 aliphatic carbocycles. The number of esters is 2. The quantitative estimate of drug-likeness (QED) is 0.0805. The van der Waals surface area contributed by atoms with Crippen molar-refractivity contribution in [2.75, 3.05) is 27.2 Å². The van der Waals surface area contributed by atoms with Crippen LogP contribution in [0.5, 0.6) is 0 Å². The van der Waals surface area contributed by atoms with Crippen LogP contribution in [0.4, 0.5) is 0 Å². The van der Waals surface area contributed by atoms with Crippen LogP contribution in [0.15, 0.2) is 24.3 Å². The van der Waals surface area contributed by atoms with Crippen molar-refractivity contribution < 1.29 is 19.1 Å². The van der Waals surface area contributed by atoms with Crippen LogP contribution >= 0.6 is 0 Å². The van der Waals surface area contributed by atoms with Crippen LogP contribution in [-0.4, -0.2) is 50.2 Å². The highest BCUT2D eigenvalue weighted by Gasteiger charge is 2.47. The van der Waals surface area contributed by atoms with Crippen molar-refractivity contribution in [1.29, 1.82) is 0 Å². The second kappa shape index (κ2) is 19.5. The van der Waals surface area contributed by atoms with Crippen molar-refractivity contribution in [2.45, 2.75) is 161 Å². The summed E-state index contributed by atoms with van der Waals surface area (Å²) in [5.74, 6) is 1.02. The molecule has 0 saturated carbocycles. The van der Waals surface area contributed by atoms with Crippen LogP contribution < -0.4 is 0 Å². The van der Waals surface area contributed by atoms with Crippen LogP contribution in [0.1, 0.15) is 155 Å². The molecule has 0 fully saturated rings. The molecule has 0 bridgehead atoms. The number of allylic oxidation sites excluding steroid dienone is 3. The van der Waals surface area contributed by atoms with Crippen molar-refractivity contribution in [3.63, 3.8) is 0 Å². The van der Waals surface area contributed by atoms with Gasteiger partial charge < -0.3 is 14.4 Å². The van der Waals surface area contributed by atoms with E-state index in [0.29, 0.717) is 24.7 Å². The van der Waals surface area contributed by atoms with E-state index in [-0.39, 0.29) is 46.8 Å². The van der Waals surface area contributed by atoms with Crippen LogP contribution in [0.2, 0.25) is 0 Å². The maximum Gasteiger partial charge on any atom is 0.311 e. The molecule has 3 unspecified atom stereocenters. The molecule has 0 saturated heterocycles. The summed E-state index contributed by atoms with van der Waals surface area (Å²) in [4.78, 5) is 29.1. The Kier molecular flexibility index (Phi) is 18.9. The lowest BCUT2D eigenvalue weighted by molar-refractivity contribution is -0.168. The fraction of sp³-hybridized carbons (Fsp3) is 0.857. The predicted molar refractivity (Wildman–Crippen MR) is 202 cm³/mol. The summed E-state index contributed by atoms with van der Waals surface area (Å²) in [6.07, 6.45) is 15.1. The Morgan fingerprint density at radius 2 is 1.23 bits per heavy atom. The zero-order valence-electron chi connectivity index (χ0n) is 34.3. The zero-order chi connectivity index (χ0) is 36.9. The fourth-order valence-electron chi connectivity index (χ4n) is 7.64. The Balaban J connectivity index is 6.26. The standard InChI is InChI=1S/C42H79NO4/c1-18-34(30-40(11,12)25-24-39(9,10)29-33(5)6)36(47-35(44)22-20-26-43(16)17)42(15,19-2)31-41(13,14)37(45)46-27-21-23-38(7,8)28-32(3)4/h21,23-25,32-34,36H,18-20,22,26-31H2,1-17H3/b23-21+,25-24-. The maximum absolute atomic E-state index is 13.6. The molecule has 0 spiro atoms. The van der Waals surface area contributed by atoms with Gasteiger partial charge in [-0.05, 0) is 113 Å². The molecule has 47 heavy (non-hydrogen) atoms. The van der Waals surface area contributed by atoms with E-state index in [2.05, 4.69) is 113 Å². The fourth-order valence-corrected chi connectivity index (χ4v) is 7.64. The molecule has 0 aromatic rings. The van der Waals surface area contributed by atoms with Gasteiger partial charge in [-0.3, -0.25) is 9.59 Å². The minimum atomic E-state index is -0.740. The van der Waals surface area contributed by atoms with E-state index < -0.39 is 10.8 Å². The van der Waals surface area contributed by atoms with Gasteiger partial charge in [-0.15, -0.1) is 0 Å². The third-order valence-corrected chi connectivity index (χ3v) is 9.61. The number of carbonyl (C=O) groups excluding carboxylic acids is 2. The summed E-state index contributed by atoms with van der Waals surface area (Å²) in [6, 6.07) is 0. The number of hydrogen-bond donors (Lipinski definition) is 0. The third kappa shape index (κ3) is 18.6. The summed E-state index contributed by atoms with van der Waals surface area (Å²) >= 11 is 0. The minimum Gasteiger partial charge on any atom is -0.461 e. The first-order valence-corrected chi connectivity index (χ1v) is 18.7. The smallest absolute Gasteiger partial charge is 0.311 e. The molecule has 0 aliphatic heterocycles. The van der Waals surface area contributed by atoms with Gasteiger partial charge in [0.1, 0.15) is 12.7 Å². The van der Waals surface area contributed by atoms with Gasteiger partial charge in [0.15, 0.2) is 0 Å². The molecule has 276 valence electrons. The summed E-state index contributed by atoms with van der Waals surface area (Å²) in [6.45, 7) is 34.3. The van der Waals surface area contributed by atoms with E-state index in [1.54, 1.807) is 0 Å². The van der Waals surface area contributed by atoms with Gasteiger partial charge in [-0.2, -0.15) is 0 Å².